The van der Waals surface area contributed by atoms with Crippen LogP contribution in [0.25, 0.3) is 0 Å². The van der Waals surface area contributed by atoms with Crippen LogP contribution in [-0.2, 0) is 6.54 Å². The largest absolute Gasteiger partial charge is 0.493 e. The smallest absolute Gasteiger partial charge is 0.161 e. The van der Waals surface area contributed by atoms with E-state index < -0.39 is 0 Å². The zero-order chi connectivity index (χ0) is 13.7. The van der Waals surface area contributed by atoms with Gasteiger partial charge in [-0.15, -0.1) is 0 Å². The van der Waals surface area contributed by atoms with Gasteiger partial charge in [-0.05, 0) is 45.8 Å². The summed E-state index contributed by atoms with van der Waals surface area (Å²) in [6, 6.07) is 9.71. The number of anilines is 1. The predicted octanol–water partition coefficient (Wildman–Crippen LogP) is 3.47. The molecule has 0 saturated carbocycles. The highest BCUT2D eigenvalue weighted by Gasteiger charge is 2.04. The molecule has 0 aliphatic heterocycles. The van der Waals surface area contributed by atoms with Crippen molar-refractivity contribution in [2.75, 3.05) is 19.5 Å². The second kappa shape index (κ2) is 6.43. The van der Waals surface area contributed by atoms with Crippen molar-refractivity contribution in [3.63, 3.8) is 0 Å². The Morgan fingerprint density at radius 2 is 1.89 bits per heavy atom. The lowest BCUT2D eigenvalue weighted by molar-refractivity contribution is 0.354. The molecule has 0 aliphatic rings. The quantitative estimate of drug-likeness (QED) is 0.915. The number of pyridine rings is 1. The molecule has 0 atom stereocenters. The fourth-order valence-electron chi connectivity index (χ4n) is 1.66. The SMILES string of the molecule is COc1ccc(CNc2ccc(Br)cn2)cc1OC. The van der Waals surface area contributed by atoms with Crippen molar-refractivity contribution < 1.29 is 9.47 Å². The molecule has 0 bridgehead atoms. The van der Waals surface area contributed by atoms with E-state index in [1.54, 1.807) is 20.4 Å². The molecule has 0 spiro atoms. The molecule has 4 nitrogen and oxygen atoms in total. The third-order valence-corrected chi connectivity index (χ3v) is 3.12. The van der Waals surface area contributed by atoms with Gasteiger partial charge in [0, 0.05) is 17.2 Å². The Morgan fingerprint density at radius 3 is 2.53 bits per heavy atom. The molecule has 2 rings (SSSR count). The first kappa shape index (κ1) is 13.7. The van der Waals surface area contributed by atoms with Crippen LogP contribution in [0.3, 0.4) is 0 Å². The molecule has 0 fully saturated rings. The molecule has 5 heteroatoms. The van der Waals surface area contributed by atoms with E-state index >= 15 is 0 Å². The molecule has 1 N–H and O–H groups in total. The van der Waals surface area contributed by atoms with Crippen LogP contribution in [0.1, 0.15) is 5.56 Å². The van der Waals surface area contributed by atoms with Gasteiger partial charge in [-0.25, -0.2) is 4.98 Å². The van der Waals surface area contributed by atoms with Crippen molar-refractivity contribution in [3.05, 3.63) is 46.6 Å². The molecular weight excluding hydrogens is 308 g/mol. The second-order valence-corrected chi connectivity index (χ2v) is 4.82. The molecule has 1 aromatic carbocycles. The van der Waals surface area contributed by atoms with Crippen LogP contribution in [0.4, 0.5) is 5.82 Å². The highest BCUT2D eigenvalue weighted by atomic mass is 79.9. The van der Waals surface area contributed by atoms with Crippen LogP contribution in [-0.4, -0.2) is 19.2 Å². The molecule has 100 valence electrons. The molecular formula is C14H15BrN2O2. The van der Waals surface area contributed by atoms with E-state index in [-0.39, 0.29) is 0 Å². The molecule has 2 aromatic rings. The Labute approximate surface area is 120 Å². The maximum Gasteiger partial charge on any atom is 0.161 e. The van der Waals surface area contributed by atoms with Gasteiger partial charge in [0.2, 0.25) is 0 Å². The first-order chi connectivity index (χ1) is 9.22. The van der Waals surface area contributed by atoms with Crippen molar-refractivity contribution in [1.29, 1.82) is 0 Å². The van der Waals surface area contributed by atoms with Crippen LogP contribution in [0.15, 0.2) is 41.0 Å². The minimum absolute atomic E-state index is 0.676. The number of nitrogens with zero attached hydrogens (tertiary/aromatic N) is 1. The van der Waals surface area contributed by atoms with E-state index in [1.165, 1.54) is 0 Å². The van der Waals surface area contributed by atoms with Crippen molar-refractivity contribution in [1.82, 2.24) is 4.98 Å². The average Bonchev–Trinajstić information content (AvgIpc) is 2.46. The molecule has 19 heavy (non-hydrogen) atoms. The topological polar surface area (TPSA) is 43.4 Å². The van der Waals surface area contributed by atoms with Crippen molar-refractivity contribution in [2.24, 2.45) is 0 Å². The van der Waals surface area contributed by atoms with Crippen molar-refractivity contribution in [3.8, 4) is 11.5 Å². The van der Waals surface area contributed by atoms with E-state index in [4.69, 9.17) is 9.47 Å². The summed E-state index contributed by atoms with van der Waals surface area (Å²) in [4.78, 5) is 4.26. The second-order valence-electron chi connectivity index (χ2n) is 3.90. The number of ether oxygens (including phenoxy) is 2. The van der Waals surface area contributed by atoms with Gasteiger partial charge in [0.25, 0.3) is 0 Å². The molecule has 0 unspecified atom stereocenters. The Kier molecular flexibility index (Phi) is 4.63. The summed E-state index contributed by atoms with van der Waals surface area (Å²) in [5.41, 5.74) is 1.10. The normalized spacial score (nSPS) is 10.1. The highest BCUT2D eigenvalue weighted by molar-refractivity contribution is 9.10. The van der Waals surface area contributed by atoms with E-state index in [0.717, 1.165) is 27.4 Å². The van der Waals surface area contributed by atoms with E-state index in [0.29, 0.717) is 6.54 Å². The molecule has 0 saturated heterocycles. The van der Waals surface area contributed by atoms with Gasteiger partial charge < -0.3 is 14.8 Å². The van der Waals surface area contributed by atoms with Gasteiger partial charge in [-0.1, -0.05) is 6.07 Å². The van der Waals surface area contributed by atoms with Gasteiger partial charge in [0.05, 0.1) is 14.2 Å². The number of benzene rings is 1. The zero-order valence-electron chi connectivity index (χ0n) is 10.8. The Hall–Kier alpha value is -1.75. The standard InChI is InChI=1S/C14H15BrN2O2/c1-18-12-5-3-10(7-13(12)19-2)8-16-14-6-4-11(15)9-17-14/h3-7,9H,8H2,1-2H3,(H,16,17). The summed E-state index contributed by atoms with van der Waals surface area (Å²) in [5.74, 6) is 2.29. The molecule has 0 radical (unpaired) electrons. The van der Waals surface area contributed by atoms with Crippen LogP contribution < -0.4 is 14.8 Å². The number of hydrogen-bond donors (Lipinski definition) is 1. The summed E-state index contributed by atoms with van der Waals surface area (Å²) in [7, 11) is 3.26. The molecule has 0 amide bonds. The fourth-order valence-corrected chi connectivity index (χ4v) is 1.90. The number of rotatable bonds is 5. The maximum atomic E-state index is 5.27. The summed E-state index contributed by atoms with van der Waals surface area (Å²) in [6.45, 7) is 0.676. The van der Waals surface area contributed by atoms with Gasteiger partial charge in [0.15, 0.2) is 11.5 Å². The van der Waals surface area contributed by atoms with Crippen LogP contribution in [0.2, 0.25) is 0 Å². The number of aromatic nitrogens is 1. The van der Waals surface area contributed by atoms with Gasteiger partial charge in [-0.2, -0.15) is 0 Å². The van der Waals surface area contributed by atoms with Crippen molar-refractivity contribution >= 4 is 21.7 Å². The molecule has 0 aliphatic carbocycles. The lowest BCUT2D eigenvalue weighted by Gasteiger charge is -2.10. The Bertz CT molecular complexity index is 544. The van der Waals surface area contributed by atoms with Gasteiger partial charge in [-0.3, -0.25) is 0 Å². The van der Waals surface area contributed by atoms with Crippen LogP contribution in [0, 0.1) is 0 Å². The van der Waals surface area contributed by atoms with Gasteiger partial charge >= 0.3 is 0 Å². The fraction of sp³-hybridized carbons (Fsp3) is 0.214. The highest BCUT2D eigenvalue weighted by Crippen LogP contribution is 2.27. The van der Waals surface area contributed by atoms with E-state index in [9.17, 15) is 0 Å². The van der Waals surface area contributed by atoms with Crippen LogP contribution >= 0.6 is 15.9 Å². The van der Waals surface area contributed by atoms with Crippen LogP contribution in [0.5, 0.6) is 11.5 Å². The third kappa shape index (κ3) is 3.61. The Morgan fingerprint density at radius 1 is 1.11 bits per heavy atom. The summed E-state index contributed by atoms with van der Waals surface area (Å²) in [6.07, 6.45) is 1.76. The number of nitrogens with one attached hydrogen (secondary N) is 1. The first-order valence-electron chi connectivity index (χ1n) is 5.79. The first-order valence-corrected chi connectivity index (χ1v) is 6.58. The molecule has 1 heterocycles. The summed E-state index contributed by atoms with van der Waals surface area (Å²) >= 11 is 3.36. The average molecular weight is 323 g/mol. The maximum absolute atomic E-state index is 5.27. The molecule has 1 aromatic heterocycles. The van der Waals surface area contributed by atoms with E-state index in [1.807, 2.05) is 30.3 Å². The predicted molar refractivity (Wildman–Crippen MR) is 78.8 cm³/mol. The van der Waals surface area contributed by atoms with Crippen molar-refractivity contribution in [2.45, 2.75) is 6.54 Å². The van der Waals surface area contributed by atoms with Gasteiger partial charge in [0.1, 0.15) is 5.82 Å². The lowest BCUT2D eigenvalue weighted by Crippen LogP contribution is -2.01. The monoisotopic (exact) mass is 322 g/mol. The number of methoxy groups -OCH3 is 2. The third-order valence-electron chi connectivity index (χ3n) is 2.65. The number of hydrogen-bond acceptors (Lipinski definition) is 4. The number of halogens is 1. The summed E-state index contributed by atoms with van der Waals surface area (Å²) < 4.78 is 11.4. The zero-order valence-corrected chi connectivity index (χ0v) is 12.4. The minimum Gasteiger partial charge on any atom is -0.493 e. The van der Waals surface area contributed by atoms with E-state index in [2.05, 4.69) is 26.2 Å². The lowest BCUT2D eigenvalue weighted by atomic mass is 10.2. The Balaban J connectivity index is 2.05. The minimum atomic E-state index is 0.676. The summed E-state index contributed by atoms with van der Waals surface area (Å²) in [5, 5.41) is 3.25.